The third-order valence-electron chi connectivity index (χ3n) is 4.65. The van der Waals surface area contributed by atoms with Gasteiger partial charge in [0.15, 0.2) is 11.0 Å². The molecule has 29 heavy (non-hydrogen) atoms. The molecular formula is C20H20N6O2S. The SMILES string of the molecule is C=CCn1c(Sc2cc(CC)nc(-c3ccc([N+](=O)[O-])cc3)n2)nnc1C1CC1. The summed E-state index contributed by atoms with van der Waals surface area (Å²) in [5, 5.41) is 21.2. The van der Waals surface area contributed by atoms with Crippen LogP contribution in [-0.4, -0.2) is 29.7 Å². The Kier molecular flexibility index (Phi) is 5.39. The van der Waals surface area contributed by atoms with Crippen molar-refractivity contribution in [2.45, 2.75) is 48.8 Å². The van der Waals surface area contributed by atoms with Crippen molar-refractivity contribution in [2.24, 2.45) is 0 Å². The number of non-ortho nitro benzene ring substituents is 1. The van der Waals surface area contributed by atoms with Crippen LogP contribution in [0.1, 0.15) is 37.2 Å². The van der Waals surface area contributed by atoms with E-state index in [0.29, 0.717) is 18.3 Å². The summed E-state index contributed by atoms with van der Waals surface area (Å²) in [7, 11) is 0. The Labute approximate surface area is 172 Å². The summed E-state index contributed by atoms with van der Waals surface area (Å²) >= 11 is 1.45. The summed E-state index contributed by atoms with van der Waals surface area (Å²) in [6.07, 6.45) is 4.90. The molecule has 1 fully saturated rings. The number of allylic oxidation sites excluding steroid dienone is 1. The van der Waals surface area contributed by atoms with Gasteiger partial charge in [-0.05, 0) is 49.2 Å². The van der Waals surface area contributed by atoms with Crippen LogP contribution in [0.3, 0.4) is 0 Å². The van der Waals surface area contributed by atoms with Crippen LogP contribution in [0.15, 0.2) is 53.2 Å². The molecule has 0 unspecified atom stereocenters. The van der Waals surface area contributed by atoms with Crippen molar-refractivity contribution in [1.29, 1.82) is 0 Å². The molecule has 148 valence electrons. The zero-order valence-electron chi connectivity index (χ0n) is 16.0. The molecule has 0 saturated heterocycles. The summed E-state index contributed by atoms with van der Waals surface area (Å²) in [6.45, 7) is 6.53. The Balaban J connectivity index is 1.67. The molecule has 0 aliphatic heterocycles. The third kappa shape index (κ3) is 4.19. The van der Waals surface area contributed by atoms with E-state index in [9.17, 15) is 10.1 Å². The first-order valence-corrected chi connectivity index (χ1v) is 10.2. The largest absolute Gasteiger partial charge is 0.302 e. The Bertz CT molecular complexity index is 1060. The minimum absolute atomic E-state index is 0.0418. The van der Waals surface area contributed by atoms with Gasteiger partial charge < -0.3 is 4.57 Å². The van der Waals surface area contributed by atoms with Crippen LogP contribution in [0, 0.1) is 10.1 Å². The monoisotopic (exact) mass is 408 g/mol. The molecule has 1 aliphatic rings. The normalized spacial score (nSPS) is 13.4. The summed E-state index contributed by atoms with van der Waals surface area (Å²) in [5.41, 5.74) is 1.67. The Morgan fingerprint density at radius 1 is 1.28 bits per heavy atom. The van der Waals surface area contributed by atoms with Gasteiger partial charge in [0.2, 0.25) is 0 Å². The molecule has 0 radical (unpaired) electrons. The van der Waals surface area contributed by atoms with Crippen molar-refractivity contribution in [3.63, 3.8) is 0 Å². The van der Waals surface area contributed by atoms with Crippen molar-refractivity contribution >= 4 is 17.4 Å². The van der Waals surface area contributed by atoms with E-state index in [0.717, 1.165) is 46.5 Å². The molecule has 4 rings (SSSR count). The molecule has 1 aromatic carbocycles. The molecule has 0 bridgehead atoms. The van der Waals surface area contributed by atoms with Gasteiger partial charge in [-0.1, -0.05) is 13.0 Å². The van der Waals surface area contributed by atoms with E-state index in [1.54, 1.807) is 12.1 Å². The van der Waals surface area contributed by atoms with E-state index < -0.39 is 4.92 Å². The van der Waals surface area contributed by atoms with Crippen LogP contribution >= 0.6 is 11.8 Å². The third-order valence-corrected chi connectivity index (χ3v) is 5.55. The summed E-state index contributed by atoms with van der Waals surface area (Å²) in [6, 6.07) is 8.22. The smallest absolute Gasteiger partial charge is 0.269 e. The van der Waals surface area contributed by atoms with Gasteiger partial charge in [0.1, 0.15) is 10.9 Å². The van der Waals surface area contributed by atoms with Crippen LogP contribution in [0.2, 0.25) is 0 Å². The minimum atomic E-state index is -0.418. The van der Waals surface area contributed by atoms with Crippen LogP contribution in [0.25, 0.3) is 11.4 Å². The highest BCUT2D eigenvalue weighted by atomic mass is 32.2. The maximum Gasteiger partial charge on any atom is 0.269 e. The fourth-order valence-corrected chi connectivity index (χ4v) is 3.85. The van der Waals surface area contributed by atoms with Crippen LogP contribution in [0.4, 0.5) is 5.69 Å². The number of aryl methyl sites for hydroxylation is 1. The molecule has 2 heterocycles. The van der Waals surface area contributed by atoms with Gasteiger partial charge in [0, 0.05) is 35.9 Å². The molecule has 1 aliphatic carbocycles. The lowest BCUT2D eigenvalue weighted by Gasteiger charge is -2.09. The van der Waals surface area contributed by atoms with Crippen LogP contribution < -0.4 is 0 Å². The molecule has 0 amide bonds. The molecule has 0 spiro atoms. The van der Waals surface area contributed by atoms with Crippen LogP contribution in [-0.2, 0) is 13.0 Å². The lowest BCUT2D eigenvalue weighted by molar-refractivity contribution is -0.384. The minimum Gasteiger partial charge on any atom is -0.302 e. The van der Waals surface area contributed by atoms with E-state index in [-0.39, 0.29) is 5.69 Å². The number of hydrogen-bond donors (Lipinski definition) is 0. The highest BCUT2D eigenvalue weighted by molar-refractivity contribution is 7.99. The molecule has 3 aromatic rings. The highest BCUT2D eigenvalue weighted by Gasteiger charge is 2.30. The van der Waals surface area contributed by atoms with Crippen molar-refractivity contribution < 1.29 is 4.92 Å². The second-order valence-corrected chi connectivity index (χ2v) is 7.78. The van der Waals surface area contributed by atoms with E-state index >= 15 is 0 Å². The lowest BCUT2D eigenvalue weighted by Crippen LogP contribution is -2.03. The first-order valence-electron chi connectivity index (χ1n) is 9.43. The second kappa shape index (κ2) is 8.12. The van der Waals surface area contributed by atoms with Crippen LogP contribution in [0.5, 0.6) is 0 Å². The van der Waals surface area contributed by atoms with Crippen molar-refractivity contribution in [1.82, 2.24) is 24.7 Å². The fourth-order valence-electron chi connectivity index (χ4n) is 2.98. The van der Waals surface area contributed by atoms with Gasteiger partial charge in [-0.3, -0.25) is 10.1 Å². The first kappa shape index (κ1) is 19.3. The van der Waals surface area contributed by atoms with Gasteiger partial charge in [-0.25, -0.2) is 9.97 Å². The maximum atomic E-state index is 10.9. The average Bonchev–Trinajstić information content (AvgIpc) is 3.51. The van der Waals surface area contributed by atoms with Gasteiger partial charge in [-0.15, -0.1) is 16.8 Å². The number of rotatable bonds is 8. The Morgan fingerprint density at radius 3 is 2.66 bits per heavy atom. The van der Waals surface area contributed by atoms with Gasteiger partial charge in [0.25, 0.3) is 5.69 Å². The summed E-state index contributed by atoms with van der Waals surface area (Å²) < 4.78 is 2.09. The maximum absolute atomic E-state index is 10.9. The molecule has 1 saturated carbocycles. The van der Waals surface area contributed by atoms with Crippen molar-refractivity contribution in [3.8, 4) is 11.4 Å². The van der Waals surface area contributed by atoms with Gasteiger partial charge >= 0.3 is 0 Å². The Hall–Kier alpha value is -3.07. The summed E-state index contributed by atoms with van der Waals surface area (Å²) in [5.74, 6) is 2.04. The Morgan fingerprint density at radius 2 is 2.03 bits per heavy atom. The second-order valence-electron chi connectivity index (χ2n) is 6.80. The zero-order chi connectivity index (χ0) is 20.4. The molecular weight excluding hydrogens is 388 g/mol. The number of hydrogen-bond acceptors (Lipinski definition) is 7. The molecule has 9 heteroatoms. The molecule has 8 nitrogen and oxygen atoms in total. The van der Waals surface area contributed by atoms with Gasteiger partial charge in [0.05, 0.1) is 4.92 Å². The quantitative estimate of drug-likeness (QED) is 0.235. The van der Waals surface area contributed by atoms with Crippen molar-refractivity contribution in [2.75, 3.05) is 0 Å². The number of nitrogens with zero attached hydrogens (tertiary/aromatic N) is 6. The fraction of sp³-hybridized carbons (Fsp3) is 0.300. The van der Waals surface area contributed by atoms with E-state index in [1.807, 2.05) is 19.1 Å². The van der Waals surface area contributed by atoms with E-state index in [2.05, 4.69) is 31.3 Å². The zero-order valence-corrected chi connectivity index (χ0v) is 16.8. The van der Waals surface area contributed by atoms with Crippen molar-refractivity contribution in [3.05, 3.63) is 64.6 Å². The topological polar surface area (TPSA) is 99.6 Å². The molecule has 2 aromatic heterocycles. The predicted octanol–water partition coefficient (Wildman–Crippen LogP) is 4.42. The standard InChI is InChI=1S/C20H20N6O2S/c1-3-11-25-19(14-5-6-14)23-24-20(25)29-17-12-15(4-2)21-18(22-17)13-7-9-16(10-8-13)26(27)28/h3,7-10,12,14H,1,4-6,11H2,2H3. The molecule has 0 atom stereocenters. The van der Waals surface area contributed by atoms with E-state index in [1.165, 1.54) is 23.9 Å². The lowest BCUT2D eigenvalue weighted by atomic mass is 10.2. The predicted molar refractivity (Wildman–Crippen MR) is 110 cm³/mol. The number of benzene rings is 1. The molecule has 0 N–H and O–H groups in total. The number of nitro benzene ring substituents is 1. The average molecular weight is 408 g/mol. The summed E-state index contributed by atoms with van der Waals surface area (Å²) in [4.78, 5) is 19.7. The number of aromatic nitrogens is 5. The first-order chi connectivity index (χ1) is 14.1. The highest BCUT2D eigenvalue weighted by Crippen LogP contribution is 2.40. The van der Waals surface area contributed by atoms with Gasteiger partial charge in [-0.2, -0.15) is 0 Å². The van der Waals surface area contributed by atoms with E-state index in [4.69, 9.17) is 0 Å². The number of nitro groups is 1.